The van der Waals surface area contributed by atoms with Gasteiger partial charge in [0.1, 0.15) is 0 Å². The van der Waals surface area contributed by atoms with Gasteiger partial charge in [0.05, 0.1) is 5.71 Å². The number of carbonyl (C=O) groups excluding carboxylic acids is 1. The van der Waals surface area contributed by atoms with E-state index < -0.39 is 0 Å². The molecule has 0 fully saturated rings. The van der Waals surface area contributed by atoms with Crippen LogP contribution in [0.25, 0.3) is 10.9 Å². The zero-order chi connectivity index (χ0) is 13.0. The van der Waals surface area contributed by atoms with E-state index in [0.717, 1.165) is 24.1 Å². The topological polar surface area (TPSA) is 54.4 Å². The van der Waals surface area contributed by atoms with E-state index in [9.17, 15) is 4.79 Å². The Labute approximate surface area is 106 Å². The number of aromatic nitrogens is 1. The van der Waals surface area contributed by atoms with E-state index in [1.54, 1.807) is 0 Å². The van der Waals surface area contributed by atoms with E-state index >= 15 is 0 Å². The van der Waals surface area contributed by atoms with E-state index in [2.05, 4.69) is 27.1 Å². The molecule has 0 aliphatic heterocycles. The van der Waals surface area contributed by atoms with Crippen molar-refractivity contribution in [2.45, 2.75) is 26.7 Å². The van der Waals surface area contributed by atoms with E-state index in [1.807, 2.05) is 25.3 Å². The first-order valence-electron chi connectivity index (χ1n) is 5.93. The summed E-state index contributed by atoms with van der Waals surface area (Å²) in [5.41, 5.74) is 3.21. The number of rotatable bonds is 4. The van der Waals surface area contributed by atoms with Gasteiger partial charge in [0, 0.05) is 24.0 Å². The van der Waals surface area contributed by atoms with Crippen LogP contribution in [-0.4, -0.2) is 16.7 Å². The van der Waals surface area contributed by atoms with Crippen LogP contribution in [0.5, 0.6) is 0 Å². The third-order valence-corrected chi connectivity index (χ3v) is 2.76. The van der Waals surface area contributed by atoms with Gasteiger partial charge in [-0.15, -0.1) is 0 Å². The second kappa shape index (κ2) is 5.49. The fourth-order valence-corrected chi connectivity index (χ4v) is 1.84. The highest BCUT2D eigenvalue weighted by atomic mass is 16.7. The Morgan fingerprint density at radius 3 is 2.89 bits per heavy atom. The summed E-state index contributed by atoms with van der Waals surface area (Å²) < 4.78 is 0. The van der Waals surface area contributed by atoms with Gasteiger partial charge in [0.2, 0.25) is 0 Å². The molecule has 1 heterocycles. The molecule has 1 aromatic heterocycles. The number of para-hydroxylation sites is 1. The van der Waals surface area contributed by atoms with Crippen LogP contribution in [0, 0.1) is 0 Å². The predicted molar refractivity (Wildman–Crippen MR) is 71.5 cm³/mol. The van der Waals surface area contributed by atoms with E-state index in [-0.39, 0.29) is 5.97 Å². The Morgan fingerprint density at radius 1 is 1.33 bits per heavy atom. The van der Waals surface area contributed by atoms with Gasteiger partial charge in [-0.3, -0.25) is 0 Å². The zero-order valence-electron chi connectivity index (χ0n) is 10.6. The molecule has 18 heavy (non-hydrogen) atoms. The summed E-state index contributed by atoms with van der Waals surface area (Å²) in [6.45, 7) is 3.20. The zero-order valence-corrected chi connectivity index (χ0v) is 10.6. The van der Waals surface area contributed by atoms with E-state index in [0.29, 0.717) is 0 Å². The van der Waals surface area contributed by atoms with Crippen molar-refractivity contribution in [1.82, 2.24) is 4.98 Å². The maximum absolute atomic E-state index is 10.6. The van der Waals surface area contributed by atoms with Crippen molar-refractivity contribution in [3.63, 3.8) is 0 Å². The summed E-state index contributed by atoms with van der Waals surface area (Å²) in [6, 6.07) is 8.19. The maximum Gasteiger partial charge on any atom is 0.331 e. The van der Waals surface area contributed by atoms with Crippen LogP contribution < -0.4 is 0 Å². The Kier molecular flexibility index (Phi) is 3.77. The normalized spacial score (nSPS) is 11.8. The molecule has 1 aromatic carbocycles. The molecule has 0 spiro atoms. The monoisotopic (exact) mass is 244 g/mol. The molecule has 0 aliphatic rings. The molecule has 2 rings (SSSR count). The van der Waals surface area contributed by atoms with Crippen molar-refractivity contribution in [2.75, 3.05) is 0 Å². The van der Waals surface area contributed by atoms with Crippen LogP contribution in [0.15, 0.2) is 35.6 Å². The lowest BCUT2D eigenvalue weighted by atomic mass is 10.1. The van der Waals surface area contributed by atoms with Gasteiger partial charge in [-0.05, 0) is 31.4 Å². The number of aromatic amines is 1. The highest BCUT2D eigenvalue weighted by molar-refractivity contribution is 5.85. The van der Waals surface area contributed by atoms with Crippen molar-refractivity contribution in [2.24, 2.45) is 5.16 Å². The molecule has 4 heteroatoms. The molecule has 0 saturated heterocycles. The summed E-state index contributed by atoms with van der Waals surface area (Å²) in [7, 11) is 0. The quantitative estimate of drug-likeness (QED) is 0.510. The average Bonchev–Trinajstić information content (AvgIpc) is 2.77. The van der Waals surface area contributed by atoms with Gasteiger partial charge >= 0.3 is 5.97 Å². The molecule has 0 atom stereocenters. The Hall–Kier alpha value is -2.10. The van der Waals surface area contributed by atoms with Crippen LogP contribution in [-0.2, 0) is 16.1 Å². The van der Waals surface area contributed by atoms with Crippen molar-refractivity contribution in [1.29, 1.82) is 0 Å². The minimum Gasteiger partial charge on any atom is -0.361 e. The second-order valence-electron chi connectivity index (χ2n) is 4.27. The molecular weight excluding hydrogens is 228 g/mol. The Bertz CT molecular complexity index is 584. The molecule has 4 nitrogen and oxygen atoms in total. The van der Waals surface area contributed by atoms with Crippen LogP contribution in [0.2, 0.25) is 0 Å². The number of fused-ring (bicyclic) bond motifs is 1. The van der Waals surface area contributed by atoms with Crippen molar-refractivity contribution in [3.8, 4) is 0 Å². The largest absolute Gasteiger partial charge is 0.361 e. The smallest absolute Gasteiger partial charge is 0.331 e. The van der Waals surface area contributed by atoms with Crippen molar-refractivity contribution >= 4 is 22.6 Å². The average molecular weight is 244 g/mol. The van der Waals surface area contributed by atoms with Gasteiger partial charge in [0.25, 0.3) is 0 Å². The molecule has 2 aromatic rings. The lowest BCUT2D eigenvalue weighted by molar-refractivity contribution is -0.140. The van der Waals surface area contributed by atoms with Gasteiger partial charge in [0.15, 0.2) is 0 Å². The first-order chi connectivity index (χ1) is 8.66. The third kappa shape index (κ3) is 2.97. The fourth-order valence-electron chi connectivity index (χ4n) is 1.84. The molecule has 1 N–H and O–H groups in total. The lowest BCUT2D eigenvalue weighted by Crippen LogP contribution is -1.99. The number of benzene rings is 1. The first kappa shape index (κ1) is 12.4. The highest BCUT2D eigenvalue weighted by Crippen LogP contribution is 2.19. The third-order valence-electron chi connectivity index (χ3n) is 2.76. The van der Waals surface area contributed by atoms with Gasteiger partial charge in [-0.25, -0.2) is 4.79 Å². The molecule has 0 radical (unpaired) electrons. The summed E-state index contributed by atoms with van der Waals surface area (Å²) in [6.07, 6.45) is 3.67. The predicted octanol–water partition coefficient (Wildman–Crippen LogP) is 3.04. The van der Waals surface area contributed by atoms with E-state index in [1.165, 1.54) is 17.9 Å². The van der Waals surface area contributed by atoms with Crippen LogP contribution in [0.4, 0.5) is 0 Å². The van der Waals surface area contributed by atoms with Crippen molar-refractivity contribution in [3.05, 3.63) is 36.0 Å². The summed E-state index contributed by atoms with van der Waals surface area (Å²) in [5.74, 6) is -0.388. The number of nitrogens with zero attached hydrogens (tertiary/aromatic N) is 1. The van der Waals surface area contributed by atoms with Crippen LogP contribution in [0.3, 0.4) is 0 Å². The number of H-pyrrole nitrogens is 1. The Morgan fingerprint density at radius 2 is 2.11 bits per heavy atom. The molecule has 0 saturated carbocycles. The number of aryl methyl sites for hydroxylation is 1. The molecule has 0 unspecified atom stereocenters. The van der Waals surface area contributed by atoms with E-state index in [4.69, 9.17) is 0 Å². The number of hydrogen-bond donors (Lipinski definition) is 1. The van der Waals surface area contributed by atoms with Crippen LogP contribution >= 0.6 is 0 Å². The number of carbonyl (C=O) groups is 1. The minimum absolute atomic E-state index is 0.388. The Balaban J connectivity index is 2.02. The lowest BCUT2D eigenvalue weighted by Gasteiger charge is -1.99. The first-order valence-corrected chi connectivity index (χ1v) is 5.93. The summed E-state index contributed by atoms with van der Waals surface area (Å²) in [5, 5.41) is 4.99. The SMILES string of the molecule is CC(=O)O/N=C(\C)CCc1c[nH]c2ccccc12. The van der Waals surface area contributed by atoms with Gasteiger partial charge in [-0.1, -0.05) is 23.4 Å². The fraction of sp³-hybridized carbons (Fsp3) is 0.286. The van der Waals surface area contributed by atoms with Gasteiger partial charge in [-0.2, -0.15) is 0 Å². The molecule has 0 bridgehead atoms. The second-order valence-corrected chi connectivity index (χ2v) is 4.27. The minimum atomic E-state index is -0.388. The number of hydrogen-bond acceptors (Lipinski definition) is 3. The number of nitrogens with one attached hydrogen (secondary N) is 1. The molecular formula is C14H16N2O2. The van der Waals surface area contributed by atoms with Crippen LogP contribution in [0.1, 0.15) is 25.8 Å². The highest BCUT2D eigenvalue weighted by Gasteiger charge is 2.03. The summed E-state index contributed by atoms with van der Waals surface area (Å²) >= 11 is 0. The molecule has 0 aliphatic carbocycles. The number of oxime groups is 1. The van der Waals surface area contributed by atoms with Crippen molar-refractivity contribution < 1.29 is 9.63 Å². The standard InChI is InChI=1S/C14H16N2O2/c1-10(16-18-11(2)17)7-8-12-9-15-14-6-4-3-5-13(12)14/h3-6,9,15H,7-8H2,1-2H3/b16-10+. The van der Waals surface area contributed by atoms with Gasteiger partial charge < -0.3 is 9.82 Å². The molecule has 0 amide bonds. The summed E-state index contributed by atoms with van der Waals surface area (Å²) in [4.78, 5) is 18.5. The maximum atomic E-state index is 10.6. The molecule has 94 valence electrons.